The molecule has 0 radical (unpaired) electrons. The van der Waals surface area contributed by atoms with Crippen LogP contribution in [0.15, 0.2) is 0 Å². The fraction of sp³-hybridized carbons (Fsp3) is 0.900. The van der Waals surface area contributed by atoms with Crippen LogP contribution in [0.25, 0.3) is 0 Å². The van der Waals surface area contributed by atoms with E-state index in [1.807, 2.05) is 0 Å². The molecule has 0 atom stereocenters. The summed E-state index contributed by atoms with van der Waals surface area (Å²) < 4.78 is 0. The molecule has 0 aliphatic heterocycles. The van der Waals surface area contributed by atoms with Crippen molar-refractivity contribution in [2.75, 3.05) is 0 Å². The molecule has 0 spiro atoms. The number of rotatable bonds is 2. The molecule has 0 unspecified atom stereocenters. The summed E-state index contributed by atoms with van der Waals surface area (Å²) in [5.74, 6) is 0.215. The van der Waals surface area contributed by atoms with Gasteiger partial charge in [-0.05, 0) is 24.7 Å². The number of carbonyl (C=O) groups excluding carboxylic acids is 1. The highest BCUT2D eigenvalue weighted by atomic mass is 16.1. The number of hydrogen-bond acceptors (Lipinski definition) is 1. The SMILES string of the molecule is CC(C)(C)CC(=O)NC1CCC1. The van der Waals surface area contributed by atoms with E-state index in [1.165, 1.54) is 19.3 Å². The molecule has 0 saturated heterocycles. The highest BCUT2D eigenvalue weighted by molar-refractivity contribution is 5.76. The van der Waals surface area contributed by atoms with E-state index in [1.54, 1.807) is 0 Å². The summed E-state index contributed by atoms with van der Waals surface area (Å²) in [5.41, 5.74) is 0.119. The summed E-state index contributed by atoms with van der Waals surface area (Å²) >= 11 is 0. The second-order valence-electron chi connectivity index (χ2n) is 4.93. The first-order chi connectivity index (χ1) is 5.47. The average molecular weight is 169 g/mol. The Balaban J connectivity index is 2.19. The monoisotopic (exact) mass is 169 g/mol. The van der Waals surface area contributed by atoms with Crippen LogP contribution in [0, 0.1) is 5.41 Å². The lowest BCUT2D eigenvalue weighted by molar-refractivity contribution is -0.124. The normalized spacial score (nSPS) is 18.6. The van der Waals surface area contributed by atoms with Crippen molar-refractivity contribution in [1.29, 1.82) is 0 Å². The molecule has 1 rings (SSSR count). The number of amides is 1. The Kier molecular flexibility index (Phi) is 2.76. The zero-order chi connectivity index (χ0) is 9.19. The van der Waals surface area contributed by atoms with Crippen molar-refractivity contribution in [1.82, 2.24) is 5.32 Å². The lowest BCUT2D eigenvalue weighted by Crippen LogP contribution is -2.40. The van der Waals surface area contributed by atoms with Gasteiger partial charge in [0.2, 0.25) is 5.91 Å². The second-order valence-corrected chi connectivity index (χ2v) is 4.93. The predicted molar refractivity (Wildman–Crippen MR) is 49.9 cm³/mol. The number of nitrogens with one attached hydrogen (secondary N) is 1. The molecule has 1 aliphatic rings. The van der Waals surface area contributed by atoms with Crippen molar-refractivity contribution in [2.24, 2.45) is 5.41 Å². The lowest BCUT2D eigenvalue weighted by atomic mass is 9.89. The van der Waals surface area contributed by atoms with Gasteiger partial charge in [0, 0.05) is 12.5 Å². The quantitative estimate of drug-likeness (QED) is 0.673. The van der Waals surface area contributed by atoms with E-state index in [-0.39, 0.29) is 11.3 Å². The Bertz CT molecular complexity index is 165. The van der Waals surface area contributed by atoms with E-state index in [4.69, 9.17) is 0 Å². The summed E-state index contributed by atoms with van der Waals surface area (Å²) in [7, 11) is 0. The standard InChI is InChI=1S/C10H19NO/c1-10(2,3)7-9(12)11-8-5-4-6-8/h8H,4-7H2,1-3H3,(H,11,12). The van der Waals surface area contributed by atoms with Gasteiger partial charge in [-0.1, -0.05) is 20.8 Å². The molecule has 0 aromatic heterocycles. The third kappa shape index (κ3) is 3.24. The van der Waals surface area contributed by atoms with E-state index in [2.05, 4.69) is 26.1 Å². The first-order valence-electron chi connectivity index (χ1n) is 4.77. The molecule has 70 valence electrons. The van der Waals surface area contributed by atoms with Crippen molar-refractivity contribution in [3.8, 4) is 0 Å². The van der Waals surface area contributed by atoms with Crippen LogP contribution in [0.3, 0.4) is 0 Å². The van der Waals surface area contributed by atoms with Crippen LogP contribution >= 0.6 is 0 Å². The summed E-state index contributed by atoms with van der Waals surface area (Å²) in [5, 5.41) is 3.03. The van der Waals surface area contributed by atoms with E-state index < -0.39 is 0 Å². The third-order valence-corrected chi connectivity index (χ3v) is 2.16. The van der Waals surface area contributed by atoms with Gasteiger partial charge in [0.1, 0.15) is 0 Å². The molecule has 0 aromatic carbocycles. The fourth-order valence-electron chi connectivity index (χ4n) is 1.31. The largest absolute Gasteiger partial charge is 0.353 e. The van der Waals surface area contributed by atoms with Crippen LogP contribution in [-0.2, 0) is 4.79 Å². The van der Waals surface area contributed by atoms with E-state index in [0.29, 0.717) is 12.5 Å². The van der Waals surface area contributed by atoms with Crippen LogP contribution in [0.2, 0.25) is 0 Å². The van der Waals surface area contributed by atoms with Gasteiger partial charge in [0.15, 0.2) is 0 Å². The van der Waals surface area contributed by atoms with Crippen LogP contribution < -0.4 is 5.32 Å². The minimum absolute atomic E-state index is 0.119. The smallest absolute Gasteiger partial charge is 0.220 e. The number of carbonyl (C=O) groups is 1. The van der Waals surface area contributed by atoms with E-state index in [9.17, 15) is 4.79 Å². The van der Waals surface area contributed by atoms with Crippen molar-refractivity contribution in [3.05, 3.63) is 0 Å². The molecule has 1 amide bonds. The van der Waals surface area contributed by atoms with E-state index >= 15 is 0 Å². The summed E-state index contributed by atoms with van der Waals surface area (Å²) in [6.45, 7) is 6.27. The van der Waals surface area contributed by atoms with Crippen LogP contribution in [0.4, 0.5) is 0 Å². The van der Waals surface area contributed by atoms with Gasteiger partial charge in [-0.15, -0.1) is 0 Å². The van der Waals surface area contributed by atoms with Crippen molar-refractivity contribution in [3.63, 3.8) is 0 Å². The summed E-state index contributed by atoms with van der Waals surface area (Å²) in [6, 6.07) is 0.486. The van der Waals surface area contributed by atoms with Crippen LogP contribution in [-0.4, -0.2) is 11.9 Å². The molecule has 1 N–H and O–H groups in total. The maximum atomic E-state index is 11.4. The third-order valence-electron chi connectivity index (χ3n) is 2.16. The molecule has 0 bridgehead atoms. The minimum atomic E-state index is 0.119. The van der Waals surface area contributed by atoms with Crippen LogP contribution in [0.5, 0.6) is 0 Å². The molecule has 0 heterocycles. The Morgan fingerprint density at radius 2 is 2.00 bits per heavy atom. The molecular weight excluding hydrogens is 150 g/mol. The Morgan fingerprint density at radius 3 is 2.33 bits per heavy atom. The van der Waals surface area contributed by atoms with Crippen LogP contribution in [0.1, 0.15) is 46.5 Å². The van der Waals surface area contributed by atoms with Gasteiger partial charge in [0.05, 0.1) is 0 Å². The average Bonchev–Trinajstić information content (AvgIpc) is 1.74. The maximum Gasteiger partial charge on any atom is 0.220 e. The van der Waals surface area contributed by atoms with Crippen molar-refractivity contribution < 1.29 is 4.79 Å². The molecule has 2 heteroatoms. The zero-order valence-electron chi connectivity index (χ0n) is 8.31. The van der Waals surface area contributed by atoms with Crippen molar-refractivity contribution in [2.45, 2.75) is 52.5 Å². The Labute approximate surface area is 74.7 Å². The molecule has 2 nitrogen and oxygen atoms in total. The fourth-order valence-corrected chi connectivity index (χ4v) is 1.31. The predicted octanol–water partition coefficient (Wildman–Crippen LogP) is 2.09. The maximum absolute atomic E-state index is 11.4. The highest BCUT2D eigenvalue weighted by Crippen LogP contribution is 2.21. The summed E-state index contributed by atoms with van der Waals surface area (Å²) in [6.07, 6.45) is 4.27. The first kappa shape index (κ1) is 9.56. The van der Waals surface area contributed by atoms with Crippen molar-refractivity contribution >= 4 is 5.91 Å². The summed E-state index contributed by atoms with van der Waals surface area (Å²) in [4.78, 5) is 11.4. The minimum Gasteiger partial charge on any atom is -0.353 e. The van der Waals surface area contributed by atoms with Gasteiger partial charge in [-0.3, -0.25) is 4.79 Å². The molecular formula is C10H19NO. The Morgan fingerprint density at radius 1 is 1.42 bits per heavy atom. The molecule has 1 aliphatic carbocycles. The highest BCUT2D eigenvalue weighted by Gasteiger charge is 2.22. The molecule has 0 aromatic rings. The Hall–Kier alpha value is -0.530. The van der Waals surface area contributed by atoms with E-state index in [0.717, 1.165) is 0 Å². The van der Waals surface area contributed by atoms with Gasteiger partial charge in [0.25, 0.3) is 0 Å². The number of hydrogen-bond donors (Lipinski definition) is 1. The molecule has 1 fully saturated rings. The molecule has 12 heavy (non-hydrogen) atoms. The van der Waals surface area contributed by atoms with Gasteiger partial charge < -0.3 is 5.32 Å². The van der Waals surface area contributed by atoms with Gasteiger partial charge in [-0.2, -0.15) is 0 Å². The van der Waals surface area contributed by atoms with Gasteiger partial charge in [-0.25, -0.2) is 0 Å². The molecule has 1 saturated carbocycles. The topological polar surface area (TPSA) is 29.1 Å². The second kappa shape index (κ2) is 3.46. The first-order valence-corrected chi connectivity index (χ1v) is 4.77. The lowest BCUT2D eigenvalue weighted by Gasteiger charge is -2.28. The zero-order valence-corrected chi connectivity index (χ0v) is 8.31. The van der Waals surface area contributed by atoms with Gasteiger partial charge >= 0.3 is 0 Å².